The number of rotatable bonds is 4. The Morgan fingerprint density at radius 2 is 1.79 bits per heavy atom. The lowest BCUT2D eigenvalue weighted by molar-refractivity contribution is 0.276. The van der Waals surface area contributed by atoms with E-state index in [4.69, 9.17) is 4.42 Å². The molecule has 2 N–H and O–H groups in total. The number of furan rings is 1. The quantitative estimate of drug-likeness (QED) is 0.900. The van der Waals surface area contributed by atoms with Crippen LogP contribution in [0.4, 0.5) is 5.69 Å². The van der Waals surface area contributed by atoms with Crippen LogP contribution in [0.25, 0.3) is 0 Å². The summed E-state index contributed by atoms with van der Waals surface area (Å²) >= 11 is 0. The van der Waals surface area contributed by atoms with E-state index in [1.807, 2.05) is 0 Å². The van der Waals surface area contributed by atoms with Crippen molar-refractivity contribution >= 4 is 15.7 Å². The van der Waals surface area contributed by atoms with Crippen LogP contribution in [0.3, 0.4) is 0 Å². The Kier molecular flexibility index (Phi) is 3.64. The molecule has 2 aromatic rings. The number of hydrogen-bond acceptors (Lipinski definition) is 4. The molecule has 0 radical (unpaired) electrons. The average molecular weight is 281 g/mol. The summed E-state index contributed by atoms with van der Waals surface area (Å²) in [7, 11) is -3.77. The fraction of sp³-hybridized carbons (Fsp3) is 0.231. The van der Waals surface area contributed by atoms with Gasteiger partial charge in [0.2, 0.25) is 0 Å². The molecule has 0 aliphatic carbocycles. The van der Waals surface area contributed by atoms with E-state index in [9.17, 15) is 13.5 Å². The van der Waals surface area contributed by atoms with Gasteiger partial charge in [-0.05, 0) is 26.0 Å². The highest BCUT2D eigenvalue weighted by Gasteiger charge is 2.26. The van der Waals surface area contributed by atoms with Gasteiger partial charge in [-0.1, -0.05) is 18.2 Å². The molecule has 1 heterocycles. The fourth-order valence-electron chi connectivity index (χ4n) is 1.96. The van der Waals surface area contributed by atoms with E-state index < -0.39 is 10.0 Å². The molecule has 5 nitrogen and oxygen atoms in total. The summed E-state index contributed by atoms with van der Waals surface area (Å²) in [6, 6.07) is 8.57. The number of aliphatic hydroxyl groups excluding tert-OH is 1. The van der Waals surface area contributed by atoms with Crippen LogP contribution in [0.1, 0.15) is 17.1 Å². The van der Waals surface area contributed by atoms with E-state index in [2.05, 4.69) is 4.72 Å². The Labute approximate surface area is 111 Å². The number of anilines is 1. The number of para-hydroxylation sites is 1. The van der Waals surface area contributed by atoms with Gasteiger partial charge in [-0.15, -0.1) is 0 Å². The fourth-order valence-corrected chi connectivity index (χ4v) is 3.46. The maximum atomic E-state index is 12.3. The Morgan fingerprint density at radius 1 is 1.16 bits per heavy atom. The van der Waals surface area contributed by atoms with Crippen molar-refractivity contribution in [1.29, 1.82) is 0 Å². The van der Waals surface area contributed by atoms with Crippen LogP contribution in [0.2, 0.25) is 0 Å². The van der Waals surface area contributed by atoms with Gasteiger partial charge in [-0.2, -0.15) is 0 Å². The predicted octanol–water partition coefficient (Wildman–Crippen LogP) is 2.19. The third-order valence-corrected chi connectivity index (χ3v) is 4.35. The van der Waals surface area contributed by atoms with Gasteiger partial charge in [-0.25, -0.2) is 8.42 Å². The van der Waals surface area contributed by atoms with E-state index in [0.29, 0.717) is 17.0 Å². The lowest BCUT2D eigenvalue weighted by atomic mass is 10.2. The topological polar surface area (TPSA) is 79.5 Å². The van der Waals surface area contributed by atoms with Crippen LogP contribution in [0, 0.1) is 13.8 Å². The minimum absolute atomic E-state index is 0.0105. The summed E-state index contributed by atoms with van der Waals surface area (Å²) in [5.74, 6) is 0.679. The molecule has 0 unspecified atom stereocenters. The molecule has 6 heteroatoms. The molecule has 1 aromatic heterocycles. The molecular formula is C13H15NO4S. The molecule has 0 fully saturated rings. The summed E-state index contributed by atoms with van der Waals surface area (Å²) in [6.45, 7) is 2.81. The van der Waals surface area contributed by atoms with Crippen molar-refractivity contribution in [1.82, 2.24) is 0 Å². The summed E-state index contributed by atoms with van der Waals surface area (Å²) in [6.07, 6.45) is 0. The maximum absolute atomic E-state index is 12.3. The van der Waals surface area contributed by atoms with Crippen LogP contribution >= 0.6 is 0 Å². The smallest absolute Gasteiger partial charge is 0.265 e. The number of sulfonamides is 1. The molecule has 0 amide bonds. The van der Waals surface area contributed by atoms with E-state index in [0.717, 1.165) is 0 Å². The largest absolute Gasteiger partial charge is 0.465 e. The van der Waals surface area contributed by atoms with Crippen molar-refractivity contribution in [3.63, 3.8) is 0 Å². The summed E-state index contributed by atoms with van der Waals surface area (Å²) in [4.78, 5) is 0.0105. The zero-order chi connectivity index (χ0) is 14.0. The van der Waals surface area contributed by atoms with Crippen molar-refractivity contribution in [2.75, 3.05) is 4.72 Å². The van der Waals surface area contributed by atoms with Crippen molar-refractivity contribution in [2.45, 2.75) is 25.3 Å². The molecule has 0 aliphatic heterocycles. The second kappa shape index (κ2) is 5.07. The highest BCUT2D eigenvalue weighted by Crippen LogP contribution is 2.28. The minimum atomic E-state index is -3.77. The van der Waals surface area contributed by atoms with Crippen LogP contribution in [-0.4, -0.2) is 13.5 Å². The highest BCUT2D eigenvalue weighted by molar-refractivity contribution is 7.92. The number of hydrogen-bond donors (Lipinski definition) is 2. The van der Waals surface area contributed by atoms with Crippen molar-refractivity contribution < 1.29 is 17.9 Å². The SMILES string of the molecule is Cc1oc(C)c(S(=O)(=O)Nc2ccccc2)c1CO. The lowest BCUT2D eigenvalue weighted by Gasteiger charge is -2.08. The van der Waals surface area contributed by atoms with Gasteiger partial charge in [0, 0.05) is 11.3 Å². The van der Waals surface area contributed by atoms with Crippen LogP contribution in [0.5, 0.6) is 0 Å². The number of benzene rings is 1. The first-order chi connectivity index (χ1) is 8.95. The van der Waals surface area contributed by atoms with Gasteiger partial charge in [-0.3, -0.25) is 4.72 Å². The summed E-state index contributed by atoms with van der Waals surface area (Å²) in [5.41, 5.74) is 0.755. The normalized spacial score (nSPS) is 11.5. The zero-order valence-corrected chi connectivity index (χ0v) is 11.5. The molecule has 102 valence electrons. The molecule has 0 aliphatic rings. The standard InChI is InChI=1S/C13H15NO4S/c1-9-12(8-15)13(10(2)18-9)19(16,17)14-11-6-4-3-5-7-11/h3-7,14-15H,8H2,1-2H3. The molecule has 1 aromatic carbocycles. The van der Waals surface area contributed by atoms with Crippen LogP contribution < -0.4 is 4.72 Å². The monoisotopic (exact) mass is 281 g/mol. The number of aliphatic hydroxyl groups is 1. The third kappa shape index (κ3) is 2.64. The molecule has 19 heavy (non-hydrogen) atoms. The van der Waals surface area contributed by atoms with E-state index >= 15 is 0 Å². The third-order valence-electron chi connectivity index (χ3n) is 2.78. The van der Waals surface area contributed by atoms with Crippen LogP contribution in [-0.2, 0) is 16.6 Å². The van der Waals surface area contributed by atoms with Gasteiger partial charge in [0.25, 0.3) is 10.0 Å². The van der Waals surface area contributed by atoms with Crippen molar-refractivity contribution in [2.24, 2.45) is 0 Å². The first-order valence-electron chi connectivity index (χ1n) is 5.73. The molecule has 0 saturated carbocycles. The average Bonchev–Trinajstić information content (AvgIpc) is 2.64. The van der Waals surface area contributed by atoms with E-state index in [-0.39, 0.29) is 17.3 Å². The second-order valence-electron chi connectivity index (χ2n) is 4.15. The molecule has 0 bridgehead atoms. The van der Waals surface area contributed by atoms with Gasteiger partial charge in [0.15, 0.2) is 0 Å². The van der Waals surface area contributed by atoms with E-state index in [1.165, 1.54) is 0 Å². The van der Waals surface area contributed by atoms with Crippen molar-refractivity contribution in [3.05, 3.63) is 47.4 Å². The Hall–Kier alpha value is -1.79. The molecule has 0 spiro atoms. The van der Waals surface area contributed by atoms with Gasteiger partial charge < -0.3 is 9.52 Å². The minimum Gasteiger partial charge on any atom is -0.465 e. The molecule has 0 saturated heterocycles. The summed E-state index contributed by atoms with van der Waals surface area (Å²) < 4.78 is 32.4. The van der Waals surface area contributed by atoms with Gasteiger partial charge in [0.1, 0.15) is 16.4 Å². The maximum Gasteiger partial charge on any atom is 0.265 e. The predicted molar refractivity (Wildman–Crippen MR) is 71.4 cm³/mol. The van der Waals surface area contributed by atoms with Crippen molar-refractivity contribution in [3.8, 4) is 0 Å². The van der Waals surface area contributed by atoms with Gasteiger partial charge in [0.05, 0.1) is 6.61 Å². The number of aryl methyl sites for hydroxylation is 2. The molecular weight excluding hydrogens is 266 g/mol. The molecule has 0 atom stereocenters. The Bertz CT molecular complexity index is 674. The van der Waals surface area contributed by atoms with Gasteiger partial charge >= 0.3 is 0 Å². The Morgan fingerprint density at radius 3 is 2.37 bits per heavy atom. The first kappa shape index (κ1) is 13.6. The zero-order valence-electron chi connectivity index (χ0n) is 10.7. The highest BCUT2D eigenvalue weighted by atomic mass is 32.2. The Balaban J connectivity index is 2.46. The first-order valence-corrected chi connectivity index (χ1v) is 7.21. The number of nitrogens with one attached hydrogen (secondary N) is 1. The van der Waals surface area contributed by atoms with Crippen LogP contribution in [0.15, 0.2) is 39.6 Å². The lowest BCUT2D eigenvalue weighted by Crippen LogP contribution is -2.15. The second-order valence-corrected chi connectivity index (χ2v) is 5.77. The van der Waals surface area contributed by atoms with E-state index in [1.54, 1.807) is 44.2 Å². The molecule has 2 rings (SSSR count). The summed E-state index contributed by atoms with van der Waals surface area (Å²) in [5, 5.41) is 9.29.